The number of alkyl halides is 2. The maximum atomic E-state index is 14.5. The standard InChI is InChI=1S/C17H26F2N2/c1-14(2)21(12-16-10-6-7-11-20-16)13-17(18,19)15-8-4-3-5-9-15/h3-5,8-9,14,16,20H,6-7,10-13H2,1-2H3. The fourth-order valence-corrected chi connectivity index (χ4v) is 2.85. The topological polar surface area (TPSA) is 15.3 Å². The third-order valence-corrected chi connectivity index (χ3v) is 4.20. The lowest BCUT2D eigenvalue weighted by Crippen LogP contribution is -2.48. The van der Waals surface area contributed by atoms with Crippen LogP contribution >= 0.6 is 0 Å². The van der Waals surface area contributed by atoms with Gasteiger partial charge < -0.3 is 5.32 Å². The summed E-state index contributed by atoms with van der Waals surface area (Å²) in [5.74, 6) is -2.81. The van der Waals surface area contributed by atoms with Crippen LogP contribution in [0.3, 0.4) is 0 Å². The summed E-state index contributed by atoms with van der Waals surface area (Å²) in [6.45, 7) is 5.46. The third-order valence-electron chi connectivity index (χ3n) is 4.20. The van der Waals surface area contributed by atoms with Gasteiger partial charge in [-0.2, -0.15) is 8.78 Å². The molecule has 1 aromatic carbocycles. The molecule has 1 unspecified atom stereocenters. The second kappa shape index (κ2) is 7.32. The molecule has 1 N–H and O–H groups in total. The van der Waals surface area contributed by atoms with Crippen molar-refractivity contribution in [1.29, 1.82) is 0 Å². The van der Waals surface area contributed by atoms with Crippen molar-refractivity contribution in [2.24, 2.45) is 0 Å². The molecule has 0 aromatic heterocycles. The average Bonchev–Trinajstić information content (AvgIpc) is 2.48. The summed E-state index contributed by atoms with van der Waals surface area (Å²) in [4.78, 5) is 1.90. The maximum absolute atomic E-state index is 14.5. The van der Waals surface area contributed by atoms with Crippen molar-refractivity contribution in [2.45, 2.75) is 51.1 Å². The first-order valence-electron chi connectivity index (χ1n) is 7.90. The first-order chi connectivity index (χ1) is 9.99. The smallest absolute Gasteiger partial charge is 0.285 e. The van der Waals surface area contributed by atoms with Gasteiger partial charge in [0.1, 0.15) is 0 Å². The largest absolute Gasteiger partial charge is 0.313 e. The first kappa shape index (κ1) is 16.4. The number of piperidine rings is 1. The second-order valence-electron chi connectivity index (χ2n) is 6.24. The Morgan fingerprint density at radius 3 is 2.52 bits per heavy atom. The van der Waals surface area contributed by atoms with Gasteiger partial charge in [0.2, 0.25) is 0 Å². The highest BCUT2D eigenvalue weighted by atomic mass is 19.3. The van der Waals surface area contributed by atoms with E-state index >= 15 is 0 Å². The van der Waals surface area contributed by atoms with Crippen LogP contribution in [-0.4, -0.2) is 36.6 Å². The molecule has 2 rings (SSSR count). The van der Waals surface area contributed by atoms with Crippen LogP contribution in [0.5, 0.6) is 0 Å². The Morgan fingerprint density at radius 2 is 1.95 bits per heavy atom. The van der Waals surface area contributed by atoms with Gasteiger partial charge in [0, 0.05) is 24.2 Å². The van der Waals surface area contributed by atoms with E-state index in [-0.39, 0.29) is 18.2 Å². The van der Waals surface area contributed by atoms with Gasteiger partial charge in [0.25, 0.3) is 5.92 Å². The van der Waals surface area contributed by atoms with E-state index in [1.165, 1.54) is 25.0 Å². The van der Waals surface area contributed by atoms with Crippen LogP contribution in [0.4, 0.5) is 8.78 Å². The lowest BCUT2D eigenvalue weighted by Gasteiger charge is -2.35. The number of nitrogens with zero attached hydrogens (tertiary/aromatic N) is 1. The predicted molar refractivity (Wildman–Crippen MR) is 82.7 cm³/mol. The first-order valence-corrected chi connectivity index (χ1v) is 7.90. The lowest BCUT2D eigenvalue weighted by molar-refractivity contribution is -0.0474. The summed E-state index contributed by atoms with van der Waals surface area (Å²) < 4.78 is 28.9. The Hall–Kier alpha value is -1.00. The molecule has 0 amide bonds. The minimum Gasteiger partial charge on any atom is -0.313 e. The van der Waals surface area contributed by atoms with Crippen molar-refractivity contribution < 1.29 is 8.78 Å². The molecule has 0 aliphatic carbocycles. The molecule has 0 spiro atoms. The van der Waals surface area contributed by atoms with E-state index in [2.05, 4.69) is 5.32 Å². The van der Waals surface area contributed by atoms with Crippen molar-refractivity contribution in [2.75, 3.05) is 19.6 Å². The highest BCUT2D eigenvalue weighted by Gasteiger charge is 2.35. The maximum Gasteiger partial charge on any atom is 0.285 e. The van der Waals surface area contributed by atoms with Gasteiger partial charge in [-0.25, -0.2) is 0 Å². The van der Waals surface area contributed by atoms with Crippen LogP contribution in [-0.2, 0) is 5.92 Å². The Bertz CT molecular complexity index is 414. The molecular formula is C17H26F2N2. The fraction of sp³-hybridized carbons (Fsp3) is 0.647. The van der Waals surface area contributed by atoms with Gasteiger partial charge in [0.05, 0.1) is 6.54 Å². The van der Waals surface area contributed by atoms with Crippen molar-refractivity contribution in [1.82, 2.24) is 10.2 Å². The van der Waals surface area contributed by atoms with Gasteiger partial charge in [-0.1, -0.05) is 36.8 Å². The zero-order chi connectivity index (χ0) is 15.3. The lowest BCUT2D eigenvalue weighted by atomic mass is 10.0. The van der Waals surface area contributed by atoms with E-state index in [0.29, 0.717) is 12.6 Å². The van der Waals surface area contributed by atoms with E-state index in [1.807, 2.05) is 18.7 Å². The molecule has 1 atom stereocenters. The molecular weight excluding hydrogens is 270 g/mol. The van der Waals surface area contributed by atoms with Crippen LogP contribution in [0.15, 0.2) is 30.3 Å². The highest BCUT2D eigenvalue weighted by Crippen LogP contribution is 2.29. The van der Waals surface area contributed by atoms with E-state index in [1.54, 1.807) is 18.2 Å². The number of hydrogen-bond acceptors (Lipinski definition) is 2. The minimum atomic E-state index is -2.81. The van der Waals surface area contributed by atoms with Crippen molar-refractivity contribution in [3.05, 3.63) is 35.9 Å². The van der Waals surface area contributed by atoms with Gasteiger partial charge in [-0.3, -0.25) is 4.90 Å². The summed E-state index contributed by atoms with van der Waals surface area (Å²) >= 11 is 0. The molecule has 0 saturated carbocycles. The Morgan fingerprint density at radius 1 is 1.24 bits per heavy atom. The molecule has 1 heterocycles. The summed E-state index contributed by atoms with van der Waals surface area (Å²) in [6, 6.07) is 8.59. The van der Waals surface area contributed by atoms with Crippen LogP contribution in [0.2, 0.25) is 0 Å². The molecule has 1 aromatic rings. The Labute approximate surface area is 126 Å². The zero-order valence-corrected chi connectivity index (χ0v) is 13.0. The van der Waals surface area contributed by atoms with E-state index in [9.17, 15) is 8.78 Å². The number of hydrogen-bond donors (Lipinski definition) is 1. The van der Waals surface area contributed by atoms with Gasteiger partial charge >= 0.3 is 0 Å². The third kappa shape index (κ3) is 4.75. The van der Waals surface area contributed by atoms with Crippen molar-refractivity contribution in [3.8, 4) is 0 Å². The van der Waals surface area contributed by atoms with E-state index < -0.39 is 5.92 Å². The SMILES string of the molecule is CC(C)N(CC1CCCCN1)CC(F)(F)c1ccccc1. The predicted octanol–water partition coefficient (Wildman–Crippen LogP) is 3.63. The molecule has 0 radical (unpaired) electrons. The molecule has 1 aliphatic heterocycles. The average molecular weight is 296 g/mol. The van der Waals surface area contributed by atoms with Crippen LogP contribution < -0.4 is 5.32 Å². The van der Waals surface area contributed by atoms with Crippen LogP contribution in [0.1, 0.15) is 38.7 Å². The highest BCUT2D eigenvalue weighted by molar-refractivity contribution is 5.20. The summed E-state index contributed by atoms with van der Waals surface area (Å²) in [5, 5.41) is 3.44. The minimum absolute atomic E-state index is 0.104. The molecule has 0 bridgehead atoms. The number of benzene rings is 1. The molecule has 1 aliphatic rings. The van der Waals surface area contributed by atoms with E-state index in [0.717, 1.165) is 13.0 Å². The molecule has 4 heteroatoms. The summed E-state index contributed by atoms with van der Waals surface area (Å²) in [7, 11) is 0. The van der Waals surface area contributed by atoms with Crippen molar-refractivity contribution >= 4 is 0 Å². The van der Waals surface area contributed by atoms with Crippen LogP contribution in [0, 0.1) is 0 Å². The normalized spacial score (nSPS) is 20.2. The monoisotopic (exact) mass is 296 g/mol. The number of nitrogens with one attached hydrogen (secondary N) is 1. The quantitative estimate of drug-likeness (QED) is 0.862. The van der Waals surface area contributed by atoms with Gasteiger partial charge in [-0.15, -0.1) is 0 Å². The van der Waals surface area contributed by atoms with Crippen LogP contribution in [0.25, 0.3) is 0 Å². The van der Waals surface area contributed by atoms with Crippen molar-refractivity contribution in [3.63, 3.8) is 0 Å². The fourth-order valence-electron chi connectivity index (χ4n) is 2.85. The van der Waals surface area contributed by atoms with Gasteiger partial charge in [-0.05, 0) is 33.2 Å². The Kier molecular flexibility index (Phi) is 5.71. The molecule has 2 nitrogen and oxygen atoms in total. The number of halogens is 2. The summed E-state index contributed by atoms with van der Waals surface area (Å²) in [6.07, 6.45) is 3.47. The molecule has 118 valence electrons. The summed E-state index contributed by atoms with van der Waals surface area (Å²) in [5.41, 5.74) is 0.104. The second-order valence-corrected chi connectivity index (χ2v) is 6.24. The molecule has 1 saturated heterocycles. The zero-order valence-electron chi connectivity index (χ0n) is 13.0. The molecule has 1 fully saturated rings. The number of rotatable bonds is 6. The Balaban J connectivity index is 2.01. The van der Waals surface area contributed by atoms with Gasteiger partial charge in [0.15, 0.2) is 0 Å². The molecule has 21 heavy (non-hydrogen) atoms. The van der Waals surface area contributed by atoms with E-state index in [4.69, 9.17) is 0 Å².